The Labute approximate surface area is 180 Å². The van der Waals surface area contributed by atoms with Crippen molar-refractivity contribution in [2.24, 2.45) is 5.10 Å². The van der Waals surface area contributed by atoms with Crippen LogP contribution < -0.4 is 10.7 Å². The third-order valence-electron chi connectivity index (χ3n) is 4.84. The summed E-state index contributed by atoms with van der Waals surface area (Å²) >= 11 is 5.84. The van der Waals surface area contributed by atoms with Gasteiger partial charge in [-0.3, -0.25) is 9.36 Å². The molecule has 8 heteroatoms. The summed E-state index contributed by atoms with van der Waals surface area (Å²) in [5.41, 5.74) is 7.20. The second-order valence-corrected chi connectivity index (χ2v) is 7.33. The molecule has 0 aliphatic rings. The molecule has 154 valence electrons. The lowest BCUT2D eigenvalue weighted by Crippen LogP contribution is -2.25. The number of benzene rings is 1. The Balaban J connectivity index is 1.69. The number of carbonyl (C=O) groups excluding carboxylic acids is 1. The van der Waals surface area contributed by atoms with E-state index in [1.807, 2.05) is 38.3 Å². The molecule has 0 radical (unpaired) electrons. The van der Waals surface area contributed by atoms with Gasteiger partial charge in [0.2, 0.25) is 5.88 Å². The lowest BCUT2D eigenvalue weighted by Gasteiger charge is -2.06. The molecule has 0 aliphatic heterocycles. The van der Waals surface area contributed by atoms with Crippen molar-refractivity contribution >= 4 is 29.4 Å². The maximum absolute atomic E-state index is 12.0. The van der Waals surface area contributed by atoms with E-state index in [-0.39, 0.29) is 12.5 Å². The monoisotopic (exact) mass is 423 g/mol. The molecule has 0 fully saturated rings. The molecule has 3 aromatic rings. The molecule has 2 N–H and O–H groups in total. The van der Waals surface area contributed by atoms with E-state index >= 15 is 0 Å². The van der Waals surface area contributed by atoms with Crippen LogP contribution in [0, 0.1) is 39.0 Å². The molecule has 1 aromatic carbocycles. The van der Waals surface area contributed by atoms with E-state index in [0.29, 0.717) is 22.2 Å². The molecule has 0 saturated carbocycles. The standard InChI is InChI=1S/C22H22ClN5O2/c1-13-9-17(15(3)28(13)22-20(10-24)14(2)16(4)30-22)11-26-27-21(29)12-25-19-7-5-18(23)6-8-19/h5-9,11,25H,12H2,1-4H3,(H,27,29)/b26-11-. The van der Waals surface area contributed by atoms with E-state index in [2.05, 4.69) is 21.9 Å². The lowest BCUT2D eigenvalue weighted by molar-refractivity contribution is -0.119. The van der Waals surface area contributed by atoms with Crippen molar-refractivity contribution in [3.63, 3.8) is 0 Å². The number of carbonyl (C=O) groups is 1. The molecule has 2 heterocycles. The minimum absolute atomic E-state index is 0.0778. The average Bonchev–Trinajstić information content (AvgIpc) is 3.15. The van der Waals surface area contributed by atoms with Crippen LogP contribution in [0.2, 0.25) is 5.02 Å². The Hall–Kier alpha value is -3.50. The van der Waals surface area contributed by atoms with Crippen LogP contribution in [0.15, 0.2) is 39.9 Å². The Morgan fingerprint density at radius 3 is 2.63 bits per heavy atom. The van der Waals surface area contributed by atoms with Gasteiger partial charge in [0.15, 0.2) is 0 Å². The zero-order chi connectivity index (χ0) is 21.8. The first-order valence-electron chi connectivity index (χ1n) is 9.32. The third-order valence-corrected chi connectivity index (χ3v) is 5.09. The summed E-state index contributed by atoms with van der Waals surface area (Å²) in [6.07, 6.45) is 1.58. The topological polar surface area (TPSA) is 95.3 Å². The highest BCUT2D eigenvalue weighted by atomic mass is 35.5. The number of nitriles is 1. The van der Waals surface area contributed by atoms with Gasteiger partial charge in [0, 0.05) is 33.2 Å². The molecular formula is C22H22ClN5O2. The summed E-state index contributed by atoms with van der Waals surface area (Å²) in [6.45, 7) is 7.61. The Morgan fingerprint density at radius 2 is 1.97 bits per heavy atom. The second kappa shape index (κ2) is 8.89. The Kier molecular flexibility index (Phi) is 6.28. The summed E-state index contributed by atoms with van der Waals surface area (Å²) in [4.78, 5) is 12.0. The number of hydrazone groups is 1. The molecule has 0 bridgehead atoms. The van der Waals surface area contributed by atoms with Crippen LogP contribution in [0.1, 0.15) is 33.8 Å². The van der Waals surface area contributed by atoms with E-state index in [9.17, 15) is 10.1 Å². The predicted octanol–water partition coefficient (Wildman–Crippen LogP) is 4.39. The number of hydrogen-bond donors (Lipinski definition) is 2. The van der Waals surface area contributed by atoms with Gasteiger partial charge in [0.05, 0.1) is 12.8 Å². The van der Waals surface area contributed by atoms with Crippen LogP contribution in [0.5, 0.6) is 0 Å². The van der Waals surface area contributed by atoms with Crippen LogP contribution in [-0.4, -0.2) is 23.2 Å². The highest BCUT2D eigenvalue weighted by Gasteiger charge is 2.20. The first-order valence-corrected chi connectivity index (χ1v) is 9.70. The largest absolute Gasteiger partial charge is 0.443 e. The molecule has 0 atom stereocenters. The van der Waals surface area contributed by atoms with Crippen molar-refractivity contribution in [2.75, 3.05) is 11.9 Å². The lowest BCUT2D eigenvalue weighted by atomic mass is 10.2. The van der Waals surface area contributed by atoms with E-state index in [1.165, 1.54) is 0 Å². The van der Waals surface area contributed by atoms with Crippen molar-refractivity contribution < 1.29 is 9.21 Å². The number of rotatable bonds is 6. The summed E-state index contributed by atoms with van der Waals surface area (Å²) in [5.74, 6) is 0.933. The van der Waals surface area contributed by atoms with Crippen molar-refractivity contribution in [1.82, 2.24) is 9.99 Å². The van der Waals surface area contributed by atoms with Crippen molar-refractivity contribution in [3.05, 3.63) is 69.2 Å². The zero-order valence-corrected chi connectivity index (χ0v) is 18.0. The van der Waals surface area contributed by atoms with Gasteiger partial charge in [-0.2, -0.15) is 10.4 Å². The molecule has 7 nitrogen and oxygen atoms in total. The van der Waals surface area contributed by atoms with Crippen molar-refractivity contribution in [3.8, 4) is 12.0 Å². The van der Waals surface area contributed by atoms with Gasteiger partial charge in [-0.25, -0.2) is 5.43 Å². The smallest absolute Gasteiger partial charge is 0.259 e. The zero-order valence-electron chi connectivity index (χ0n) is 17.2. The molecule has 3 rings (SSSR count). The molecule has 0 unspecified atom stereocenters. The van der Waals surface area contributed by atoms with Gasteiger partial charge in [-0.05, 0) is 58.0 Å². The summed E-state index contributed by atoms with van der Waals surface area (Å²) in [5, 5.41) is 17.2. The molecular weight excluding hydrogens is 402 g/mol. The van der Waals surface area contributed by atoms with Gasteiger partial charge >= 0.3 is 0 Å². The van der Waals surface area contributed by atoms with Gasteiger partial charge in [-0.1, -0.05) is 11.6 Å². The number of aryl methyl sites for hydroxylation is 2. The quantitative estimate of drug-likeness (QED) is 0.454. The molecule has 0 saturated heterocycles. The second-order valence-electron chi connectivity index (χ2n) is 6.89. The maximum Gasteiger partial charge on any atom is 0.259 e. The number of nitrogens with zero attached hydrogens (tertiary/aromatic N) is 3. The van der Waals surface area contributed by atoms with Crippen LogP contribution in [0.4, 0.5) is 5.69 Å². The summed E-state index contributed by atoms with van der Waals surface area (Å²) < 4.78 is 7.71. The first-order chi connectivity index (χ1) is 14.3. The van der Waals surface area contributed by atoms with Gasteiger partial charge in [0.25, 0.3) is 5.91 Å². The SMILES string of the molecule is Cc1oc(-n2c(C)cc(/C=N\NC(=O)CNc3ccc(Cl)cc3)c2C)c(C#N)c1C. The molecule has 0 spiro atoms. The predicted molar refractivity (Wildman–Crippen MR) is 117 cm³/mol. The molecule has 2 aromatic heterocycles. The molecule has 0 aliphatic carbocycles. The Bertz CT molecular complexity index is 1150. The fourth-order valence-corrected chi connectivity index (χ4v) is 3.22. The van der Waals surface area contributed by atoms with Crippen molar-refractivity contribution in [2.45, 2.75) is 27.7 Å². The van der Waals surface area contributed by atoms with E-state index in [0.717, 1.165) is 28.2 Å². The molecule has 1 amide bonds. The van der Waals surface area contributed by atoms with Gasteiger partial charge in [-0.15, -0.1) is 0 Å². The van der Waals surface area contributed by atoms with Crippen LogP contribution in [0.3, 0.4) is 0 Å². The minimum Gasteiger partial charge on any atom is -0.443 e. The van der Waals surface area contributed by atoms with Gasteiger partial charge in [0.1, 0.15) is 17.4 Å². The number of halogens is 1. The average molecular weight is 424 g/mol. The number of hydrogen-bond acceptors (Lipinski definition) is 5. The number of aromatic nitrogens is 1. The van der Waals surface area contributed by atoms with Crippen LogP contribution in [0.25, 0.3) is 5.88 Å². The minimum atomic E-state index is -0.279. The van der Waals surface area contributed by atoms with Crippen LogP contribution >= 0.6 is 11.6 Å². The number of amides is 1. The highest BCUT2D eigenvalue weighted by molar-refractivity contribution is 6.30. The van der Waals surface area contributed by atoms with Crippen LogP contribution in [-0.2, 0) is 4.79 Å². The summed E-state index contributed by atoms with van der Waals surface area (Å²) in [7, 11) is 0. The highest BCUT2D eigenvalue weighted by Crippen LogP contribution is 2.28. The fourth-order valence-electron chi connectivity index (χ4n) is 3.09. The third kappa shape index (κ3) is 4.39. The number of anilines is 1. The number of nitrogens with one attached hydrogen (secondary N) is 2. The maximum atomic E-state index is 12.0. The molecule has 30 heavy (non-hydrogen) atoms. The van der Waals surface area contributed by atoms with E-state index in [1.54, 1.807) is 30.5 Å². The fraction of sp³-hybridized carbons (Fsp3) is 0.227. The number of furan rings is 1. The Morgan fingerprint density at radius 1 is 1.27 bits per heavy atom. The van der Waals surface area contributed by atoms with Gasteiger partial charge < -0.3 is 9.73 Å². The normalized spacial score (nSPS) is 10.9. The first kappa shape index (κ1) is 21.2. The van der Waals surface area contributed by atoms with Crippen molar-refractivity contribution in [1.29, 1.82) is 5.26 Å². The van der Waals surface area contributed by atoms with E-state index < -0.39 is 0 Å². The summed E-state index contributed by atoms with van der Waals surface area (Å²) in [6, 6.07) is 11.2. The van der Waals surface area contributed by atoms with E-state index in [4.69, 9.17) is 16.0 Å².